The first-order chi connectivity index (χ1) is 10.3. The molecule has 2 nitrogen and oxygen atoms in total. The molecule has 0 aliphatic heterocycles. The Morgan fingerprint density at radius 2 is 1.95 bits per heavy atom. The van der Waals surface area contributed by atoms with Crippen LogP contribution in [0.2, 0.25) is 0 Å². The molecule has 0 radical (unpaired) electrons. The van der Waals surface area contributed by atoms with E-state index in [1.807, 2.05) is 24.4 Å². The molecule has 1 heterocycles. The molecule has 2 unspecified atom stereocenters. The number of nitrogens with zero attached hydrogens (tertiary/aromatic N) is 1. The van der Waals surface area contributed by atoms with E-state index >= 15 is 0 Å². The highest BCUT2D eigenvalue weighted by atomic mass is 79.9. The van der Waals surface area contributed by atoms with Crippen molar-refractivity contribution in [1.29, 1.82) is 0 Å². The molecule has 2 fully saturated rings. The van der Waals surface area contributed by atoms with Crippen LogP contribution >= 0.6 is 15.9 Å². The predicted octanol–water partition coefficient (Wildman–Crippen LogP) is 5.10. The summed E-state index contributed by atoms with van der Waals surface area (Å²) in [6.45, 7) is 0. The van der Waals surface area contributed by atoms with E-state index in [0.717, 1.165) is 23.1 Å². The Morgan fingerprint density at radius 3 is 2.76 bits per heavy atom. The van der Waals surface area contributed by atoms with Gasteiger partial charge >= 0.3 is 0 Å². The molecule has 0 saturated heterocycles. The van der Waals surface area contributed by atoms with Crippen molar-refractivity contribution in [2.45, 2.75) is 49.5 Å². The van der Waals surface area contributed by atoms with Crippen LogP contribution in [-0.4, -0.2) is 15.9 Å². The van der Waals surface area contributed by atoms with Crippen LogP contribution in [0.15, 0.2) is 36.5 Å². The largest absolute Gasteiger partial charge is 0.488 e. The zero-order chi connectivity index (χ0) is 14.3. The van der Waals surface area contributed by atoms with Gasteiger partial charge in [-0.3, -0.25) is 4.98 Å². The van der Waals surface area contributed by atoms with Gasteiger partial charge in [-0.15, -0.1) is 0 Å². The third-order valence-corrected chi connectivity index (χ3v) is 6.60. The Balaban J connectivity index is 1.57. The molecule has 2 aliphatic carbocycles. The molecule has 2 aliphatic rings. The normalized spacial score (nSPS) is 27.5. The molecule has 2 saturated carbocycles. The second kappa shape index (κ2) is 5.28. The molecular formula is C18H20BrNO. The summed E-state index contributed by atoms with van der Waals surface area (Å²) in [6.07, 6.45) is 10.0. The van der Waals surface area contributed by atoms with Crippen molar-refractivity contribution in [2.24, 2.45) is 5.41 Å². The van der Waals surface area contributed by atoms with E-state index in [-0.39, 0.29) is 0 Å². The Bertz CT molecular complexity index is 650. The number of pyridine rings is 1. The number of para-hydroxylation sites is 1. The van der Waals surface area contributed by atoms with E-state index in [0.29, 0.717) is 16.3 Å². The fourth-order valence-corrected chi connectivity index (χ4v) is 5.08. The molecular weight excluding hydrogens is 326 g/mol. The third kappa shape index (κ3) is 2.26. The van der Waals surface area contributed by atoms with Gasteiger partial charge in [0.15, 0.2) is 0 Å². The number of ether oxygens (including phenoxy) is 1. The molecule has 21 heavy (non-hydrogen) atoms. The molecule has 2 aromatic rings. The first kappa shape index (κ1) is 13.6. The molecule has 0 bridgehead atoms. The minimum Gasteiger partial charge on any atom is -0.488 e. The number of rotatable bonds is 2. The zero-order valence-corrected chi connectivity index (χ0v) is 13.7. The molecule has 4 rings (SSSR count). The summed E-state index contributed by atoms with van der Waals surface area (Å²) in [4.78, 5) is 5.14. The van der Waals surface area contributed by atoms with E-state index in [4.69, 9.17) is 4.74 Å². The smallest absolute Gasteiger partial charge is 0.138 e. The van der Waals surface area contributed by atoms with Gasteiger partial charge in [0.1, 0.15) is 11.9 Å². The van der Waals surface area contributed by atoms with E-state index in [2.05, 4.69) is 33.0 Å². The van der Waals surface area contributed by atoms with E-state index in [1.165, 1.54) is 32.1 Å². The van der Waals surface area contributed by atoms with Gasteiger partial charge in [-0.2, -0.15) is 0 Å². The lowest BCUT2D eigenvalue weighted by Gasteiger charge is -2.55. The minimum absolute atomic E-state index is 0.352. The molecule has 0 N–H and O–H groups in total. The zero-order valence-electron chi connectivity index (χ0n) is 12.1. The first-order valence-electron chi connectivity index (χ1n) is 7.93. The Morgan fingerprint density at radius 1 is 1.14 bits per heavy atom. The number of fused-ring (bicyclic) bond motifs is 1. The Labute approximate surface area is 134 Å². The average molecular weight is 346 g/mol. The lowest BCUT2D eigenvalue weighted by molar-refractivity contribution is -0.0602. The third-order valence-electron chi connectivity index (χ3n) is 5.31. The van der Waals surface area contributed by atoms with Crippen molar-refractivity contribution in [3.8, 4) is 5.75 Å². The summed E-state index contributed by atoms with van der Waals surface area (Å²) in [5, 5.41) is 1.16. The molecule has 3 heteroatoms. The fourth-order valence-electron chi connectivity index (χ4n) is 3.99. The lowest BCUT2D eigenvalue weighted by Crippen LogP contribution is -2.57. The predicted molar refractivity (Wildman–Crippen MR) is 89.0 cm³/mol. The summed E-state index contributed by atoms with van der Waals surface area (Å²) in [5.74, 6) is 0.919. The standard InChI is InChI=1S/C18H20BrNO/c19-16-11-17(18(16)8-4-1-5-9-18)21-14-10-13-6-2-3-7-15(13)20-12-14/h2-3,6-7,10,12,16-17H,1,4-5,8-9,11H2. The minimum atomic E-state index is 0.352. The van der Waals surface area contributed by atoms with E-state index < -0.39 is 0 Å². The summed E-state index contributed by atoms with van der Waals surface area (Å²) in [5.41, 5.74) is 1.40. The highest BCUT2D eigenvalue weighted by Gasteiger charge is 2.55. The van der Waals surface area contributed by atoms with Crippen molar-refractivity contribution in [2.75, 3.05) is 0 Å². The number of hydrogen-bond donors (Lipinski definition) is 0. The highest BCUT2D eigenvalue weighted by Crippen LogP contribution is 2.56. The second-order valence-corrected chi connectivity index (χ2v) is 7.57. The maximum absolute atomic E-state index is 6.33. The van der Waals surface area contributed by atoms with Gasteiger partial charge < -0.3 is 4.74 Å². The van der Waals surface area contributed by atoms with Gasteiger partial charge in [-0.1, -0.05) is 53.4 Å². The van der Waals surface area contributed by atoms with Crippen molar-refractivity contribution >= 4 is 26.8 Å². The molecule has 1 aromatic carbocycles. The summed E-state index contributed by atoms with van der Waals surface area (Å²) in [6, 6.07) is 10.3. The monoisotopic (exact) mass is 345 g/mol. The van der Waals surface area contributed by atoms with Gasteiger partial charge in [0.2, 0.25) is 0 Å². The Kier molecular flexibility index (Phi) is 3.41. The van der Waals surface area contributed by atoms with Crippen molar-refractivity contribution in [3.05, 3.63) is 36.5 Å². The van der Waals surface area contributed by atoms with Gasteiger partial charge in [-0.25, -0.2) is 0 Å². The van der Waals surface area contributed by atoms with E-state index in [9.17, 15) is 0 Å². The molecule has 2 atom stereocenters. The van der Waals surface area contributed by atoms with Gasteiger partial charge in [0.05, 0.1) is 11.7 Å². The van der Waals surface area contributed by atoms with Gasteiger partial charge in [0.25, 0.3) is 0 Å². The van der Waals surface area contributed by atoms with Crippen LogP contribution < -0.4 is 4.74 Å². The van der Waals surface area contributed by atoms with Gasteiger partial charge in [0, 0.05) is 15.6 Å². The van der Waals surface area contributed by atoms with Crippen molar-refractivity contribution in [3.63, 3.8) is 0 Å². The summed E-state index contributed by atoms with van der Waals surface area (Å²) < 4.78 is 6.33. The number of alkyl halides is 1. The van der Waals surface area contributed by atoms with Crippen LogP contribution in [0.3, 0.4) is 0 Å². The summed E-state index contributed by atoms with van der Waals surface area (Å²) in [7, 11) is 0. The van der Waals surface area contributed by atoms with Crippen molar-refractivity contribution < 1.29 is 4.74 Å². The highest BCUT2D eigenvalue weighted by molar-refractivity contribution is 9.09. The van der Waals surface area contributed by atoms with Crippen LogP contribution in [0, 0.1) is 5.41 Å². The number of benzene rings is 1. The topological polar surface area (TPSA) is 22.1 Å². The molecule has 0 amide bonds. The van der Waals surface area contributed by atoms with Crippen LogP contribution in [0.1, 0.15) is 38.5 Å². The Hall–Kier alpha value is -1.09. The number of hydrogen-bond acceptors (Lipinski definition) is 2. The maximum atomic E-state index is 6.33. The molecule has 1 spiro atoms. The van der Waals surface area contributed by atoms with Crippen LogP contribution in [0.5, 0.6) is 5.75 Å². The van der Waals surface area contributed by atoms with Crippen LogP contribution in [0.4, 0.5) is 0 Å². The van der Waals surface area contributed by atoms with Crippen LogP contribution in [0.25, 0.3) is 10.9 Å². The van der Waals surface area contributed by atoms with Crippen molar-refractivity contribution in [1.82, 2.24) is 4.98 Å². The van der Waals surface area contributed by atoms with Gasteiger partial charge in [-0.05, 0) is 31.4 Å². The number of halogens is 1. The molecule has 110 valence electrons. The van der Waals surface area contributed by atoms with E-state index in [1.54, 1.807) is 0 Å². The first-order valence-corrected chi connectivity index (χ1v) is 8.85. The lowest BCUT2D eigenvalue weighted by atomic mass is 9.58. The quantitative estimate of drug-likeness (QED) is 0.706. The average Bonchev–Trinajstić information content (AvgIpc) is 2.55. The number of aromatic nitrogens is 1. The fraction of sp³-hybridized carbons (Fsp3) is 0.500. The SMILES string of the molecule is BrC1CC(Oc2cnc3ccccc3c2)C12CCCCC2. The van der Waals surface area contributed by atoms with Crippen LogP contribution in [-0.2, 0) is 0 Å². The second-order valence-electron chi connectivity index (χ2n) is 6.47. The summed E-state index contributed by atoms with van der Waals surface area (Å²) >= 11 is 3.88. The maximum Gasteiger partial charge on any atom is 0.138 e. The molecule has 1 aromatic heterocycles.